The quantitative estimate of drug-likeness (QED) is 0.783. The second kappa shape index (κ2) is 8.84. The van der Waals surface area contributed by atoms with Crippen LogP contribution in [0.25, 0.3) is 0 Å². The van der Waals surface area contributed by atoms with Gasteiger partial charge in [0.25, 0.3) is 0 Å². The van der Waals surface area contributed by atoms with E-state index in [2.05, 4.69) is 5.32 Å². The van der Waals surface area contributed by atoms with Gasteiger partial charge in [0.15, 0.2) is 0 Å². The number of nitrogens with one attached hydrogen (secondary N) is 1. The van der Waals surface area contributed by atoms with Gasteiger partial charge in [-0.25, -0.2) is 4.79 Å². The molecule has 1 saturated heterocycles. The third kappa shape index (κ3) is 4.13. The molecule has 3 aliphatic rings. The minimum absolute atomic E-state index is 0.0519. The van der Waals surface area contributed by atoms with Crippen LogP contribution < -0.4 is 5.32 Å². The molecule has 1 aromatic rings. The Bertz CT molecular complexity index is 846. The van der Waals surface area contributed by atoms with E-state index in [1.54, 1.807) is 7.05 Å². The first-order valence-corrected chi connectivity index (χ1v) is 11.6. The van der Waals surface area contributed by atoms with Crippen LogP contribution in [0.1, 0.15) is 36.8 Å². The van der Waals surface area contributed by atoms with Gasteiger partial charge >= 0.3 is 6.03 Å². The number of imide groups is 1. The largest absolute Gasteiger partial charge is 0.359 e. The van der Waals surface area contributed by atoms with Crippen LogP contribution in [0.2, 0.25) is 0 Å². The van der Waals surface area contributed by atoms with Crippen LogP contribution >= 0.6 is 11.8 Å². The molecule has 4 amide bonds. The van der Waals surface area contributed by atoms with Gasteiger partial charge in [0.05, 0.1) is 6.04 Å². The summed E-state index contributed by atoms with van der Waals surface area (Å²) in [6.07, 6.45) is 5.34. The zero-order chi connectivity index (χ0) is 21.3. The molecule has 0 spiro atoms. The summed E-state index contributed by atoms with van der Waals surface area (Å²) in [5.74, 6) is 0.333. The van der Waals surface area contributed by atoms with E-state index in [9.17, 15) is 14.4 Å². The number of benzene rings is 1. The molecule has 0 radical (unpaired) electrons. The first-order valence-electron chi connectivity index (χ1n) is 10.7. The molecule has 1 aromatic carbocycles. The fraction of sp³-hybridized carbons (Fsp3) is 0.522. The van der Waals surface area contributed by atoms with Gasteiger partial charge in [-0.15, -0.1) is 11.8 Å². The monoisotopic (exact) mass is 427 g/mol. The van der Waals surface area contributed by atoms with Crippen molar-refractivity contribution in [2.75, 3.05) is 13.6 Å². The summed E-state index contributed by atoms with van der Waals surface area (Å²) in [4.78, 5) is 41.7. The van der Waals surface area contributed by atoms with Crippen molar-refractivity contribution < 1.29 is 14.4 Å². The highest BCUT2D eigenvalue weighted by Crippen LogP contribution is 2.37. The van der Waals surface area contributed by atoms with E-state index in [-0.39, 0.29) is 41.0 Å². The van der Waals surface area contributed by atoms with Crippen molar-refractivity contribution in [2.24, 2.45) is 11.8 Å². The normalized spacial score (nSPS) is 28.6. The van der Waals surface area contributed by atoms with Gasteiger partial charge in [-0.3, -0.25) is 14.5 Å². The van der Waals surface area contributed by atoms with E-state index < -0.39 is 0 Å². The minimum atomic E-state index is -0.254. The van der Waals surface area contributed by atoms with E-state index in [1.165, 1.54) is 22.2 Å². The maximum absolute atomic E-state index is 13.4. The van der Waals surface area contributed by atoms with Crippen molar-refractivity contribution in [1.82, 2.24) is 15.1 Å². The molecule has 160 valence electrons. The van der Waals surface area contributed by atoms with Gasteiger partial charge in [0.1, 0.15) is 5.25 Å². The second-order valence-electron chi connectivity index (χ2n) is 8.55. The topological polar surface area (TPSA) is 69.7 Å². The fourth-order valence-corrected chi connectivity index (χ4v) is 5.76. The molecule has 0 bridgehead atoms. The van der Waals surface area contributed by atoms with Crippen molar-refractivity contribution >= 4 is 29.6 Å². The number of hydrogen-bond donors (Lipinski definition) is 1. The summed E-state index contributed by atoms with van der Waals surface area (Å²) >= 11 is 1.51. The molecule has 4 rings (SSSR count). The van der Waals surface area contributed by atoms with E-state index in [0.29, 0.717) is 13.1 Å². The maximum Gasteiger partial charge on any atom is 0.327 e. The lowest BCUT2D eigenvalue weighted by Crippen LogP contribution is -2.62. The summed E-state index contributed by atoms with van der Waals surface area (Å²) < 4.78 is 0. The summed E-state index contributed by atoms with van der Waals surface area (Å²) in [5.41, 5.74) is 2.25. The number of carbonyl (C=O) groups excluding carboxylic acids is 3. The number of fused-ring (bicyclic) bond motifs is 1. The first-order chi connectivity index (χ1) is 14.5. The Morgan fingerprint density at radius 1 is 1.13 bits per heavy atom. The smallest absolute Gasteiger partial charge is 0.327 e. The van der Waals surface area contributed by atoms with Crippen LogP contribution in [0.3, 0.4) is 0 Å². The van der Waals surface area contributed by atoms with Crippen LogP contribution in [0.15, 0.2) is 35.7 Å². The summed E-state index contributed by atoms with van der Waals surface area (Å²) in [6.45, 7) is 2.99. The average Bonchev–Trinajstić information content (AvgIpc) is 3.25. The predicted molar refractivity (Wildman–Crippen MR) is 118 cm³/mol. The van der Waals surface area contributed by atoms with Crippen molar-refractivity contribution in [3.05, 3.63) is 46.9 Å². The van der Waals surface area contributed by atoms with Crippen LogP contribution in [-0.2, 0) is 16.1 Å². The lowest BCUT2D eigenvalue weighted by atomic mass is 9.81. The molecule has 30 heavy (non-hydrogen) atoms. The Balaban J connectivity index is 1.46. The van der Waals surface area contributed by atoms with Gasteiger partial charge in [-0.1, -0.05) is 35.9 Å². The van der Waals surface area contributed by atoms with Crippen LogP contribution in [0.5, 0.6) is 0 Å². The van der Waals surface area contributed by atoms with E-state index in [1.807, 2.05) is 47.6 Å². The highest BCUT2D eigenvalue weighted by molar-refractivity contribution is 8.03. The number of nitrogens with zero attached hydrogens (tertiary/aromatic N) is 2. The molecule has 1 N–H and O–H groups in total. The third-order valence-corrected chi connectivity index (χ3v) is 7.62. The molecule has 2 heterocycles. The van der Waals surface area contributed by atoms with Crippen molar-refractivity contribution in [3.8, 4) is 0 Å². The van der Waals surface area contributed by atoms with Crippen molar-refractivity contribution in [3.63, 3.8) is 0 Å². The molecule has 2 unspecified atom stereocenters. The maximum atomic E-state index is 13.4. The Hall–Kier alpha value is -2.28. The van der Waals surface area contributed by atoms with E-state index in [4.69, 9.17) is 0 Å². The van der Waals surface area contributed by atoms with Crippen LogP contribution in [0.4, 0.5) is 4.79 Å². The molecule has 2 fully saturated rings. The number of hydrogen-bond acceptors (Lipinski definition) is 4. The summed E-state index contributed by atoms with van der Waals surface area (Å²) in [7, 11) is 1.67. The molecule has 1 aliphatic carbocycles. The van der Waals surface area contributed by atoms with Gasteiger partial charge in [-0.05, 0) is 49.5 Å². The molecular formula is C23H29N3O3S. The lowest BCUT2D eigenvalue weighted by Gasteiger charge is -2.43. The summed E-state index contributed by atoms with van der Waals surface area (Å²) in [6, 6.07) is 7.82. The van der Waals surface area contributed by atoms with Gasteiger partial charge in [0.2, 0.25) is 11.8 Å². The minimum Gasteiger partial charge on any atom is -0.359 e. The lowest BCUT2D eigenvalue weighted by molar-refractivity contribution is -0.132. The molecule has 0 aromatic heterocycles. The molecule has 7 heteroatoms. The number of amides is 4. The van der Waals surface area contributed by atoms with Gasteiger partial charge in [0, 0.05) is 26.1 Å². The standard InChI is InChI=1S/C23H29N3O3S/c1-15-3-5-16(6-4-15)13-25-19-11-12-30-20(19)22(28)26(23(25)29)14-17-7-9-18(10-8-17)21(27)24-2/h3-6,11-12,17-20H,7-10,13-14H2,1-2H3,(H,24,27). The molecule has 6 nitrogen and oxygen atoms in total. The Morgan fingerprint density at radius 3 is 2.50 bits per heavy atom. The van der Waals surface area contributed by atoms with Crippen LogP contribution in [-0.4, -0.2) is 52.5 Å². The number of rotatable bonds is 5. The van der Waals surface area contributed by atoms with Crippen LogP contribution in [0, 0.1) is 18.8 Å². The van der Waals surface area contributed by atoms with Crippen molar-refractivity contribution in [2.45, 2.75) is 50.4 Å². The highest BCUT2D eigenvalue weighted by Gasteiger charge is 2.47. The predicted octanol–water partition coefficient (Wildman–Crippen LogP) is 3.31. The Labute approximate surface area is 182 Å². The van der Waals surface area contributed by atoms with Crippen molar-refractivity contribution in [1.29, 1.82) is 0 Å². The number of aryl methyl sites for hydroxylation is 1. The molecule has 2 atom stereocenters. The zero-order valence-electron chi connectivity index (χ0n) is 17.5. The highest BCUT2D eigenvalue weighted by atomic mass is 32.2. The van der Waals surface area contributed by atoms with Gasteiger partial charge in [-0.2, -0.15) is 0 Å². The fourth-order valence-electron chi connectivity index (χ4n) is 4.69. The van der Waals surface area contributed by atoms with E-state index in [0.717, 1.165) is 31.2 Å². The second-order valence-corrected chi connectivity index (χ2v) is 9.60. The Morgan fingerprint density at radius 2 is 1.83 bits per heavy atom. The number of thioether (sulfide) groups is 1. The molecule has 2 aliphatic heterocycles. The average molecular weight is 428 g/mol. The summed E-state index contributed by atoms with van der Waals surface area (Å²) in [5, 5.41) is 4.42. The SMILES string of the molecule is CNC(=O)C1CCC(CN2C(=O)C3SC=CC3N(Cc3ccc(C)cc3)C2=O)CC1. The van der Waals surface area contributed by atoms with E-state index >= 15 is 0 Å². The number of carbonyl (C=O) groups is 3. The van der Waals surface area contributed by atoms with Gasteiger partial charge < -0.3 is 10.2 Å². The molecule has 1 saturated carbocycles. The first kappa shape index (κ1) is 21.0. The third-order valence-electron chi connectivity index (χ3n) is 6.54. The number of urea groups is 1. The zero-order valence-corrected chi connectivity index (χ0v) is 18.4. The Kier molecular flexibility index (Phi) is 6.18. The molecular weight excluding hydrogens is 398 g/mol.